The van der Waals surface area contributed by atoms with E-state index in [4.69, 9.17) is 14.6 Å². The van der Waals surface area contributed by atoms with Gasteiger partial charge in [0.2, 0.25) is 0 Å². The zero-order chi connectivity index (χ0) is 29.1. The van der Waals surface area contributed by atoms with Crippen molar-refractivity contribution in [2.45, 2.75) is 115 Å². The fraction of sp³-hybridized carbons (Fsp3) is 0.697. The second-order valence-electron chi connectivity index (χ2n) is 12.9. The van der Waals surface area contributed by atoms with Crippen LogP contribution < -0.4 is 5.56 Å². The summed E-state index contributed by atoms with van der Waals surface area (Å²) < 4.78 is 7.09. The van der Waals surface area contributed by atoms with Crippen molar-refractivity contribution in [3.8, 4) is 0 Å². The van der Waals surface area contributed by atoms with E-state index in [0.29, 0.717) is 23.8 Å². The SMILES string of the molecule is CCOC(=O)CCC(=NOCCO)c1nc2ccccc2n([C@H]2C[C@H]3CCC[C@@H](C2)N3C2CC3CCCC(C3)C2)c1=O. The van der Waals surface area contributed by atoms with Crippen LogP contribution in [0.15, 0.2) is 34.2 Å². The number of carbonyl (C=O) groups excluding carboxylic acids is 1. The number of hydrogen-bond donors (Lipinski definition) is 1. The first-order valence-electron chi connectivity index (χ1n) is 16.3. The fourth-order valence-corrected chi connectivity index (χ4v) is 8.67. The number of carbonyl (C=O) groups is 1. The zero-order valence-corrected chi connectivity index (χ0v) is 25.0. The van der Waals surface area contributed by atoms with Crippen molar-refractivity contribution in [3.63, 3.8) is 0 Å². The number of piperidine rings is 2. The molecule has 228 valence electrons. The maximum Gasteiger partial charge on any atom is 0.306 e. The highest BCUT2D eigenvalue weighted by Crippen LogP contribution is 2.47. The Morgan fingerprint density at radius 3 is 2.38 bits per heavy atom. The van der Waals surface area contributed by atoms with Crippen LogP contribution in [0.25, 0.3) is 11.0 Å². The minimum Gasteiger partial charge on any atom is -0.466 e. The molecule has 2 aliphatic heterocycles. The van der Waals surface area contributed by atoms with Crippen LogP contribution in [0.4, 0.5) is 0 Å². The standard InChI is InChI=1S/C33H46N4O5/c1-2-41-31(39)14-13-29(35-42-16-15-38)32-33(40)37(30-12-4-3-11-28(30)34-32)27-20-24-9-6-10-25(21-27)36(24)26-18-22-7-5-8-23(17-22)19-26/h3-4,11-12,22-27,38H,2,5-10,13-21H2,1H3/t22?,23?,24-,25+,26?,27+. The number of nitrogens with zero attached hydrogens (tertiary/aromatic N) is 4. The molecule has 0 amide bonds. The predicted molar refractivity (Wildman–Crippen MR) is 161 cm³/mol. The molecule has 9 nitrogen and oxygen atoms in total. The van der Waals surface area contributed by atoms with Crippen molar-refractivity contribution in [3.05, 3.63) is 40.3 Å². The number of aliphatic hydroxyl groups excluding tert-OH is 1. The number of para-hydroxylation sites is 2. The smallest absolute Gasteiger partial charge is 0.306 e. The first-order chi connectivity index (χ1) is 20.6. The summed E-state index contributed by atoms with van der Waals surface area (Å²) in [4.78, 5) is 39.5. The van der Waals surface area contributed by atoms with E-state index in [2.05, 4.69) is 10.1 Å². The lowest BCUT2D eigenvalue weighted by Crippen LogP contribution is -2.58. The molecule has 9 heteroatoms. The number of hydrogen-bond acceptors (Lipinski definition) is 8. The van der Waals surface area contributed by atoms with E-state index in [-0.39, 0.29) is 55.9 Å². The van der Waals surface area contributed by atoms with Crippen molar-refractivity contribution in [2.24, 2.45) is 17.0 Å². The molecule has 2 saturated heterocycles. The van der Waals surface area contributed by atoms with E-state index in [9.17, 15) is 14.7 Å². The van der Waals surface area contributed by atoms with Crippen molar-refractivity contribution >= 4 is 22.7 Å². The zero-order valence-electron chi connectivity index (χ0n) is 25.0. The average Bonchev–Trinajstić information content (AvgIpc) is 2.98. The summed E-state index contributed by atoms with van der Waals surface area (Å²) in [6.07, 6.45) is 14.2. The van der Waals surface area contributed by atoms with E-state index in [1.54, 1.807) is 6.92 Å². The van der Waals surface area contributed by atoms with Crippen LogP contribution in [0.3, 0.4) is 0 Å². The Kier molecular flexibility index (Phi) is 9.24. The highest BCUT2D eigenvalue weighted by Gasteiger charge is 2.45. The van der Waals surface area contributed by atoms with E-state index in [1.165, 1.54) is 57.8 Å². The lowest BCUT2D eigenvalue weighted by molar-refractivity contribution is -0.142. The van der Waals surface area contributed by atoms with Gasteiger partial charge in [0.05, 0.1) is 30.7 Å². The summed E-state index contributed by atoms with van der Waals surface area (Å²) in [6.45, 7) is 1.85. The average molecular weight is 579 g/mol. The van der Waals surface area contributed by atoms with Gasteiger partial charge in [-0.25, -0.2) is 4.98 Å². The lowest BCUT2D eigenvalue weighted by Gasteiger charge is -2.55. The summed E-state index contributed by atoms with van der Waals surface area (Å²) in [5, 5.41) is 13.4. The third-order valence-corrected chi connectivity index (χ3v) is 10.2. The third-order valence-electron chi connectivity index (χ3n) is 10.2. The van der Waals surface area contributed by atoms with Gasteiger partial charge in [-0.05, 0) is 75.8 Å². The molecular formula is C33H46N4O5. The number of oxime groups is 1. The van der Waals surface area contributed by atoms with E-state index < -0.39 is 0 Å². The van der Waals surface area contributed by atoms with Gasteiger partial charge in [-0.15, -0.1) is 0 Å². The molecule has 5 atom stereocenters. The van der Waals surface area contributed by atoms with Crippen LogP contribution in [0.5, 0.6) is 0 Å². The second kappa shape index (κ2) is 13.2. The van der Waals surface area contributed by atoms with Crippen molar-refractivity contribution in [1.82, 2.24) is 14.5 Å². The molecule has 4 aliphatic rings. The van der Waals surface area contributed by atoms with Crippen LogP contribution in [0.2, 0.25) is 0 Å². The summed E-state index contributed by atoms with van der Waals surface area (Å²) in [6, 6.07) is 9.59. The second-order valence-corrected chi connectivity index (χ2v) is 12.9. The normalized spacial score (nSPS) is 29.8. The Hall–Kier alpha value is -2.78. The Morgan fingerprint density at radius 1 is 0.952 bits per heavy atom. The monoisotopic (exact) mass is 578 g/mol. The van der Waals surface area contributed by atoms with Crippen LogP contribution in [-0.4, -0.2) is 69.2 Å². The van der Waals surface area contributed by atoms with Gasteiger partial charge < -0.3 is 19.2 Å². The molecule has 1 N–H and O–H groups in total. The summed E-state index contributed by atoms with van der Waals surface area (Å²) in [5.74, 6) is 1.44. The Bertz CT molecular complexity index is 1320. The number of aliphatic hydroxyl groups is 1. The van der Waals surface area contributed by atoms with Crippen LogP contribution in [-0.2, 0) is 14.4 Å². The van der Waals surface area contributed by atoms with Gasteiger partial charge in [0.25, 0.3) is 5.56 Å². The molecule has 2 aliphatic carbocycles. The molecule has 1 aromatic carbocycles. The Balaban J connectivity index is 1.32. The van der Waals surface area contributed by atoms with E-state index >= 15 is 0 Å². The highest BCUT2D eigenvalue weighted by atomic mass is 16.6. The molecular weight excluding hydrogens is 532 g/mol. The van der Waals surface area contributed by atoms with Crippen molar-refractivity contribution in [1.29, 1.82) is 0 Å². The molecule has 0 spiro atoms. The number of rotatable bonds is 10. The predicted octanol–water partition coefficient (Wildman–Crippen LogP) is 4.98. The molecule has 0 radical (unpaired) electrons. The van der Waals surface area contributed by atoms with Crippen LogP contribution in [0.1, 0.15) is 102 Å². The molecule has 42 heavy (non-hydrogen) atoms. The maximum absolute atomic E-state index is 14.3. The number of aromatic nitrogens is 2. The minimum atomic E-state index is -0.361. The van der Waals surface area contributed by atoms with Crippen molar-refractivity contribution < 1.29 is 19.5 Å². The van der Waals surface area contributed by atoms with E-state index in [1.807, 2.05) is 28.8 Å². The molecule has 2 saturated carbocycles. The van der Waals surface area contributed by atoms with Gasteiger partial charge in [0.1, 0.15) is 12.3 Å². The quantitative estimate of drug-likeness (QED) is 0.183. The Morgan fingerprint density at radius 2 is 1.67 bits per heavy atom. The fourth-order valence-electron chi connectivity index (χ4n) is 8.67. The first kappa shape index (κ1) is 29.3. The number of esters is 1. The number of fused-ring (bicyclic) bond motifs is 5. The Labute approximate surface area is 248 Å². The van der Waals surface area contributed by atoms with Crippen molar-refractivity contribution in [2.75, 3.05) is 19.8 Å². The van der Waals surface area contributed by atoms with Crippen LogP contribution in [0, 0.1) is 11.8 Å². The van der Waals surface area contributed by atoms with E-state index in [0.717, 1.165) is 35.7 Å². The highest BCUT2D eigenvalue weighted by molar-refractivity contribution is 6.00. The summed E-state index contributed by atoms with van der Waals surface area (Å²) in [7, 11) is 0. The van der Waals surface area contributed by atoms with Gasteiger partial charge in [-0.1, -0.05) is 43.0 Å². The molecule has 4 fully saturated rings. The number of benzene rings is 1. The summed E-state index contributed by atoms with van der Waals surface area (Å²) >= 11 is 0. The molecule has 3 heterocycles. The molecule has 6 rings (SSSR count). The largest absolute Gasteiger partial charge is 0.466 e. The topological polar surface area (TPSA) is 106 Å². The minimum absolute atomic E-state index is 0.00458. The molecule has 1 aromatic heterocycles. The van der Waals surface area contributed by atoms with Crippen LogP contribution >= 0.6 is 0 Å². The molecule has 2 unspecified atom stereocenters. The first-order valence-corrected chi connectivity index (χ1v) is 16.3. The van der Waals surface area contributed by atoms with Gasteiger partial charge in [-0.2, -0.15) is 0 Å². The maximum atomic E-state index is 14.3. The molecule has 2 aromatic rings. The van der Waals surface area contributed by atoms with Gasteiger partial charge in [-0.3, -0.25) is 14.5 Å². The number of ether oxygens (including phenoxy) is 1. The molecule has 4 bridgehead atoms. The summed E-state index contributed by atoms with van der Waals surface area (Å²) in [5.41, 5.74) is 1.91. The van der Waals surface area contributed by atoms with Gasteiger partial charge in [0, 0.05) is 30.6 Å². The van der Waals surface area contributed by atoms with Gasteiger partial charge >= 0.3 is 5.97 Å². The third kappa shape index (κ3) is 6.13. The van der Waals surface area contributed by atoms with Gasteiger partial charge in [0.15, 0.2) is 5.69 Å². The lowest BCUT2D eigenvalue weighted by atomic mass is 9.68.